The van der Waals surface area contributed by atoms with E-state index in [0.29, 0.717) is 29.7 Å². The maximum atomic E-state index is 11.1. The van der Waals surface area contributed by atoms with Crippen molar-refractivity contribution >= 4 is 36.1 Å². The first-order valence-corrected chi connectivity index (χ1v) is 9.19. The molecule has 2 aromatic rings. The highest BCUT2D eigenvalue weighted by atomic mass is 32.1. The molecule has 4 nitrogen and oxygen atoms in total. The van der Waals surface area contributed by atoms with Crippen molar-refractivity contribution in [1.29, 1.82) is 0 Å². The van der Waals surface area contributed by atoms with Crippen LogP contribution in [0.4, 0.5) is 0 Å². The Bertz CT molecular complexity index is 735. The van der Waals surface area contributed by atoms with Crippen molar-refractivity contribution in [3.05, 3.63) is 30.1 Å². The first-order valence-electron chi connectivity index (χ1n) is 8.78. The van der Waals surface area contributed by atoms with Crippen LogP contribution in [0.5, 0.6) is 0 Å². The van der Waals surface area contributed by atoms with Gasteiger partial charge in [-0.15, -0.1) is 0 Å². The summed E-state index contributed by atoms with van der Waals surface area (Å²) in [5.41, 5.74) is 1.37. The highest BCUT2D eigenvalue weighted by Crippen LogP contribution is 2.41. The molecule has 0 aliphatic carbocycles. The fourth-order valence-corrected chi connectivity index (χ4v) is 4.69. The molecule has 3 radical (unpaired) electrons. The van der Waals surface area contributed by atoms with Crippen LogP contribution in [0.15, 0.2) is 24.3 Å². The normalized spacial score (nSPS) is 32.3. The second-order valence-electron chi connectivity index (χ2n) is 7.62. The molecule has 3 aliphatic heterocycles. The Morgan fingerprint density at radius 1 is 1.38 bits per heavy atom. The van der Waals surface area contributed by atoms with Gasteiger partial charge in [0.05, 0.1) is 17.6 Å². The van der Waals surface area contributed by atoms with Crippen molar-refractivity contribution in [2.45, 2.75) is 37.7 Å². The molecule has 1 aromatic heterocycles. The van der Waals surface area contributed by atoms with Gasteiger partial charge in [-0.05, 0) is 37.8 Å². The van der Waals surface area contributed by atoms with Gasteiger partial charge in [-0.3, -0.25) is 0 Å². The summed E-state index contributed by atoms with van der Waals surface area (Å²) in [6.07, 6.45) is 4.19. The van der Waals surface area contributed by atoms with Crippen LogP contribution in [0.3, 0.4) is 0 Å². The quantitative estimate of drug-likeness (QED) is 0.649. The van der Waals surface area contributed by atoms with Crippen molar-refractivity contribution in [2.24, 2.45) is 5.92 Å². The summed E-state index contributed by atoms with van der Waals surface area (Å²) in [6.45, 7) is 2.66. The average Bonchev–Trinajstić information content (AvgIpc) is 2.95. The maximum absolute atomic E-state index is 11.1. The fourth-order valence-electron chi connectivity index (χ4n) is 4.46. The molecule has 2 N–H and O–H groups in total. The molecule has 1 atom stereocenters. The summed E-state index contributed by atoms with van der Waals surface area (Å²) in [5, 5.41) is 11.1. The lowest BCUT2D eigenvalue weighted by Crippen LogP contribution is -2.68. The van der Waals surface area contributed by atoms with Crippen molar-refractivity contribution in [2.75, 3.05) is 19.6 Å². The topological polar surface area (TPSA) is 48.9 Å². The Balaban J connectivity index is 1.38. The number of piperidine rings is 3. The van der Waals surface area contributed by atoms with E-state index in [0.717, 1.165) is 54.1 Å². The molecule has 3 fully saturated rings. The summed E-state index contributed by atoms with van der Waals surface area (Å²) in [4.78, 5) is 8.85. The molecule has 6 heteroatoms. The van der Waals surface area contributed by atoms with E-state index >= 15 is 0 Å². The molecule has 3 aliphatic rings. The van der Waals surface area contributed by atoms with E-state index in [1.54, 1.807) is 0 Å². The Labute approximate surface area is 149 Å². The third-order valence-electron chi connectivity index (χ3n) is 5.83. The van der Waals surface area contributed by atoms with E-state index in [2.05, 4.69) is 9.97 Å². The number of hydrogen-bond acceptors (Lipinski definition) is 3. The molecule has 2 bridgehead atoms. The summed E-state index contributed by atoms with van der Waals surface area (Å²) in [5.74, 6) is 1.29. The van der Waals surface area contributed by atoms with E-state index < -0.39 is 5.60 Å². The molecule has 0 spiro atoms. The van der Waals surface area contributed by atoms with Crippen LogP contribution in [-0.4, -0.2) is 57.5 Å². The number of quaternary nitrogens is 1. The van der Waals surface area contributed by atoms with Crippen LogP contribution in [0.2, 0.25) is 0 Å². The number of aromatic amines is 1. The number of fused-ring (bicyclic) bond motifs is 4. The van der Waals surface area contributed by atoms with Crippen molar-refractivity contribution in [3.8, 4) is 0 Å². The molecule has 5 rings (SSSR count). The van der Waals surface area contributed by atoms with E-state index in [4.69, 9.17) is 20.2 Å². The number of hydrogen-bond donors (Lipinski definition) is 2. The third kappa shape index (κ3) is 3.03. The number of aromatic nitrogens is 2. The van der Waals surface area contributed by atoms with Gasteiger partial charge < -0.3 is 14.5 Å². The monoisotopic (exact) mass is 340 g/mol. The molecular formula is C18H23BN3OS. The summed E-state index contributed by atoms with van der Waals surface area (Å²) in [7, 11) is 6.37. The Kier molecular flexibility index (Phi) is 4.02. The summed E-state index contributed by atoms with van der Waals surface area (Å²) < 4.78 is 0.531. The second-order valence-corrected chi connectivity index (χ2v) is 8.20. The van der Waals surface area contributed by atoms with Crippen LogP contribution < -0.4 is 0 Å². The number of nitrogens with one attached hydrogen (secondary N) is 1. The van der Waals surface area contributed by atoms with E-state index in [-0.39, 0.29) is 0 Å². The van der Waals surface area contributed by atoms with Crippen molar-refractivity contribution in [1.82, 2.24) is 9.97 Å². The van der Waals surface area contributed by atoms with Crippen molar-refractivity contribution < 1.29 is 9.50 Å². The number of nitrogens with zero attached hydrogens (tertiary/aromatic N) is 2. The third-order valence-corrected chi connectivity index (χ3v) is 6.18. The molecule has 1 unspecified atom stereocenters. The predicted octanol–water partition coefficient (Wildman–Crippen LogP) is 2.31. The van der Waals surface area contributed by atoms with Gasteiger partial charge in [0.25, 0.3) is 0 Å². The minimum atomic E-state index is -0.650. The largest absolute Gasteiger partial charge is 0.586 e. The van der Waals surface area contributed by atoms with E-state index in [1.807, 2.05) is 24.3 Å². The van der Waals surface area contributed by atoms with E-state index in [9.17, 15) is 5.11 Å². The van der Waals surface area contributed by atoms with Gasteiger partial charge in [0, 0.05) is 30.3 Å². The van der Waals surface area contributed by atoms with Gasteiger partial charge in [-0.1, -0.05) is 24.4 Å². The van der Waals surface area contributed by atoms with E-state index in [1.165, 1.54) is 0 Å². The molecule has 125 valence electrons. The Morgan fingerprint density at radius 2 is 2.12 bits per heavy atom. The highest BCUT2D eigenvalue weighted by Gasteiger charge is 2.47. The molecule has 3 saturated heterocycles. The van der Waals surface area contributed by atoms with Crippen LogP contribution in [0.25, 0.3) is 11.0 Å². The number of benzene rings is 1. The van der Waals surface area contributed by atoms with Gasteiger partial charge in [0.1, 0.15) is 11.4 Å². The van der Waals surface area contributed by atoms with Gasteiger partial charge >= 0.3 is 0 Å². The minimum absolute atomic E-state index is 0.384. The van der Waals surface area contributed by atoms with Gasteiger partial charge in [-0.25, -0.2) is 13.0 Å². The molecule has 24 heavy (non-hydrogen) atoms. The predicted molar refractivity (Wildman–Crippen MR) is 99.9 cm³/mol. The SMILES string of the molecule is [B-][N+]12CCC(CC1)C(O)(CCC(=S)Cc1nc3ccccc3[nH]1)C2. The maximum Gasteiger partial charge on any atom is 0.113 e. The van der Waals surface area contributed by atoms with Crippen LogP contribution in [-0.2, 0) is 6.42 Å². The molecular weight excluding hydrogens is 317 g/mol. The van der Waals surface area contributed by atoms with Gasteiger partial charge in [0.15, 0.2) is 0 Å². The average molecular weight is 340 g/mol. The lowest BCUT2D eigenvalue weighted by atomic mass is 9.69. The molecule has 0 saturated carbocycles. The zero-order chi connectivity index (χ0) is 16.8. The first kappa shape index (κ1) is 16.2. The Morgan fingerprint density at radius 3 is 2.83 bits per heavy atom. The first-order chi connectivity index (χ1) is 11.5. The van der Waals surface area contributed by atoms with Crippen LogP contribution in [0, 0.1) is 5.92 Å². The van der Waals surface area contributed by atoms with Crippen molar-refractivity contribution in [3.63, 3.8) is 0 Å². The smallest absolute Gasteiger partial charge is 0.113 e. The summed E-state index contributed by atoms with van der Waals surface area (Å²) in [6, 6.07) is 8.00. The fraction of sp³-hybridized carbons (Fsp3) is 0.556. The standard InChI is InChI=1S/C18H23BN3OS/c19-22-9-6-13(7-10-22)18(23,12-22)8-5-14(24)11-17-20-15-3-1-2-4-16(15)21-17/h1-4,13,23H,5-12H2,(H,20,21). The lowest BCUT2D eigenvalue weighted by molar-refractivity contribution is -0.846. The van der Waals surface area contributed by atoms with Gasteiger partial charge in [-0.2, -0.15) is 0 Å². The minimum Gasteiger partial charge on any atom is -0.586 e. The second kappa shape index (κ2) is 5.93. The summed E-state index contributed by atoms with van der Waals surface area (Å²) >= 11 is 5.57. The van der Waals surface area contributed by atoms with Crippen LogP contribution in [0.1, 0.15) is 31.5 Å². The van der Waals surface area contributed by atoms with Crippen LogP contribution >= 0.6 is 12.2 Å². The number of aliphatic hydroxyl groups is 1. The zero-order valence-corrected chi connectivity index (χ0v) is 14.7. The lowest BCUT2D eigenvalue weighted by Gasteiger charge is -2.64. The number of rotatable bonds is 5. The number of thiocarbonyl (C=S) groups is 1. The highest BCUT2D eigenvalue weighted by molar-refractivity contribution is 7.80. The number of imidazole rings is 1. The number of para-hydroxylation sites is 2. The van der Waals surface area contributed by atoms with Gasteiger partial charge in [0.2, 0.25) is 0 Å². The Hall–Kier alpha value is -1.24. The molecule has 4 heterocycles. The zero-order valence-electron chi connectivity index (χ0n) is 13.9. The number of H-pyrrole nitrogens is 1. The molecule has 1 aromatic carbocycles. The molecule has 0 amide bonds.